The molecule has 0 bridgehead atoms. The molecule has 3 rings (SSSR count). The molecule has 1 atom stereocenters. The fraction of sp³-hybridized carbons (Fsp3) is 0.238. The number of terminal acetylenes is 1. The first-order chi connectivity index (χ1) is 11.5. The second-order valence-electron chi connectivity index (χ2n) is 6.24. The standard InChI is InChI=1S/C21H19NO2/c1-4-15-9-13(2)19(14(3)10-15)20-18(23)12-16(21(20)24)11-17-7-5-6-8-22-17/h1,5-10,16,23H,11-12H2,2-3H3. The van der Waals surface area contributed by atoms with E-state index in [0.717, 1.165) is 27.9 Å². The van der Waals surface area contributed by atoms with Crippen molar-refractivity contribution in [1.29, 1.82) is 0 Å². The number of aryl methyl sites for hydroxylation is 2. The molecule has 120 valence electrons. The van der Waals surface area contributed by atoms with Crippen molar-refractivity contribution in [3.63, 3.8) is 0 Å². The zero-order chi connectivity index (χ0) is 17.3. The first-order valence-corrected chi connectivity index (χ1v) is 7.95. The van der Waals surface area contributed by atoms with Crippen LogP contribution in [0.3, 0.4) is 0 Å². The molecule has 0 saturated carbocycles. The van der Waals surface area contributed by atoms with Crippen LogP contribution in [0.5, 0.6) is 0 Å². The Labute approximate surface area is 142 Å². The molecule has 0 amide bonds. The highest BCUT2D eigenvalue weighted by Gasteiger charge is 2.35. The summed E-state index contributed by atoms with van der Waals surface area (Å²) in [6.07, 6.45) is 8.08. The summed E-state index contributed by atoms with van der Waals surface area (Å²) in [5.74, 6) is 2.51. The lowest BCUT2D eigenvalue weighted by Crippen LogP contribution is -2.14. The molecule has 1 N–H and O–H groups in total. The van der Waals surface area contributed by atoms with Gasteiger partial charge in [0, 0.05) is 36.2 Å². The van der Waals surface area contributed by atoms with Gasteiger partial charge in [-0.15, -0.1) is 6.42 Å². The van der Waals surface area contributed by atoms with E-state index in [1.54, 1.807) is 6.20 Å². The highest BCUT2D eigenvalue weighted by molar-refractivity contribution is 6.25. The van der Waals surface area contributed by atoms with Crippen molar-refractivity contribution in [2.45, 2.75) is 26.7 Å². The summed E-state index contributed by atoms with van der Waals surface area (Å²) >= 11 is 0. The van der Waals surface area contributed by atoms with Gasteiger partial charge in [0.2, 0.25) is 0 Å². The Morgan fingerprint density at radius 1 is 1.29 bits per heavy atom. The van der Waals surface area contributed by atoms with E-state index in [2.05, 4.69) is 10.9 Å². The van der Waals surface area contributed by atoms with E-state index in [-0.39, 0.29) is 17.5 Å². The van der Waals surface area contributed by atoms with Gasteiger partial charge in [-0.05, 0) is 54.8 Å². The molecule has 0 fully saturated rings. The maximum absolute atomic E-state index is 12.9. The second-order valence-corrected chi connectivity index (χ2v) is 6.24. The average Bonchev–Trinajstić information content (AvgIpc) is 2.83. The highest BCUT2D eigenvalue weighted by atomic mass is 16.3. The summed E-state index contributed by atoms with van der Waals surface area (Å²) in [5.41, 5.74) is 4.72. The van der Waals surface area contributed by atoms with Gasteiger partial charge in [0.05, 0.1) is 5.57 Å². The molecule has 0 radical (unpaired) electrons. The van der Waals surface area contributed by atoms with Crippen molar-refractivity contribution >= 4 is 11.4 Å². The van der Waals surface area contributed by atoms with Crippen LogP contribution in [0.15, 0.2) is 42.3 Å². The fourth-order valence-corrected chi connectivity index (χ4v) is 3.42. The number of rotatable bonds is 3. The third-order valence-electron chi connectivity index (χ3n) is 4.48. The summed E-state index contributed by atoms with van der Waals surface area (Å²) in [7, 11) is 0. The van der Waals surface area contributed by atoms with Gasteiger partial charge in [0.25, 0.3) is 0 Å². The lowest BCUT2D eigenvalue weighted by atomic mass is 9.89. The maximum atomic E-state index is 12.9. The van der Waals surface area contributed by atoms with Gasteiger partial charge < -0.3 is 5.11 Å². The molecule has 1 heterocycles. The second kappa shape index (κ2) is 6.33. The molecule has 1 aromatic heterocycles. The van der Waals surface area contributed by atoms with E-state index in [9.17, 15) is 9.90 Å². The molecule has 0 spiro atoms. The van der Waals surface area contributed by atoms with Crippen LogP contribution in [0.4, 0.5) is 0 Å². The molecular weight excluding hydrogens is 298 g/mol. The number of aliphatic hydroxyl groups excluding tert-OH is 1. The highest BCUT2D eigenvalue weighted by Crippen LogP contribution is 2.38. The van der Waals surface area contributed by atoms with Crippen molar-refractivity contribution < 1.29 is 9.90 Å². The van der Waals surface area contributed by atoms with E-state index >= 15 is 0 Å². The summed E-state index contributed by atoms with van der Waals surface area (Å²) in [5, 5.41) is 10.4. The van der Waals surface area contributed by atoms with Gasteiger partial charge >= 0.3 is 0 Å². The van der Waals surface area contributed by atoms with Gasteiger partial charge in [-0.1, -0.05) is 12.0 Å². The van der Waals surface area contributed by atoms with Crippen molar-refractivity contribution in [2.75, 3.05) is 0 Å². The number of hydrogen-bond donors (Lipinski definition) is 1. The Morgan fingerprint density at radius 3 is 2.58 bits per heavy atom. The first-order valence-electron chi connectivity index (χ1n) is 7.95. The zero-order valence-corrected chi connectivity index (χ0v) is 13.8. The van der Waals surface area contributed by atoms with Crippen LogP contribution >= 0.6 is 0 Å². The predicted octanol–water partition coefficient (Wildman–Crippen LogP) is 3.78. The van der Waals surface area contributed by atoms with Crippen LogP contribution in [-0.4, -0.2) is 15.9 Å². The summed E-state index contributed by atoms with van der Waals surface area (Å²) in [6, 6.07) is 9.41. The molecular formula is C21H19NO2. The zero-order valence-electron chi connectivity index (χ0n) is 13.8. The SMILES string of the molecule is C#Cc1cc(C)c(C2=C(O)CC(Cc3ccccn3)C2=O)c(C)c1. The molecule has 1 aromatic carbocycles. The largest absolute Gasteiger partial charge is 0.512 e. The van der Waals surface area contributed by atoms with E-state index in [1.165, 1.54) is 0 Å². The summed E-state index contributed by atoms with van der Waals surface area (Å²) in [6.45, 7) is 3.84. The number of ketones is 1. The Hall–Kier alpha value is -2.86. The Balaban J connectivity index is 1.94. The third kappa shape index (κ3) is 2.83. The molecule has 3 nitrogen and oxygen atoms in total. The van der Waals surface area contributed by atoms with E-state index in [0.29, 0.717) is 18.4 Å². The first kappa shape index (κ1) is 16.0. The molecule has 1 aliphatic carbocycles. The number of allylic oxidation sites excluding steroid dienone is 2. The normalized spacial score (nSPS) is 17.2. The van der Waals surface area contributed by atoms with Gasteiger partial charge in [0.15, 0.2) is 5.78 Å². The molecule has 1 unspecified atom stereocenters. The molecule has 0 saturated heterocycles. The summed E-state index contributed by atoms with van der Waals surface area (Å²) < 4.78 is 0. The minimum absolute atomic E-state index is 0.0159. The van der Waals surface area contributed by atoms with E-state index in [1.807, 2.05) is 44.2 Å². The number of carbonyl (C=O) groups is 1. The Morgan fingerprint density at radius 2 is 2.00 bits per heavy atom. The quantitative estimate of drug-likeness (QED) is 0.877. The number of nitrogens with zero attached hydrogens (tertiary/aromatic N) is 1. The number of aliphatic hydroxyl groups is 1. The number of Topliss-reactive ketones (excluding diaryl/α,β-unsaturated/α-hetero) is 1. The van der Waals surface area contributed by atoms with Crippen molar-refractivity contribution in [1.82, 2.24) is 4.98 Å². The minimum atomic E-state index is -0.263. The molecule has 0 aliphatic heterocycles. The van der Waals surface area contributed by atoms with Crippen LogP contribution in [-0.2, 0) is 11.2 Å². The number of pyridine rings is 1. The predicted molar refractivity (Wildman–Crippen MR) is 94.5 cm³/mol. The lowest BCUT2D eigenvalue weighted by molar-refractivity contribution is -0.116. The van der Waals surface area contributed by atoms with Gasteiger partial charge in [-0.3, -0.25) is 9.78 Å². The van der Waals surface area contributed by atoms with Gasteiger partial charge in [-0.2, -0.15) is 0 Å². The maximum Gasteiger partial charge on any atom is 0.170 e. The Bertz CT molecular complexity index is 849. The number of aromatic nitrogens is 1. The number of hydrogen-bond acceptors (Lipinski definition) is 3. The molecule has 24 heavy (non-hydrogen) atoms. The smallest absolute Gasteiger partial charge is 0.170 e. The van der Waals surface area contributed by atoms with Crippen LogP contribution < -0.4 is 0 Å². The van der Waals surface area contributed by atoms with Gasteiger partial charge in [0.1, 0.15) is 5.76 Å². The summed E-state index contributed by atoms with van der Waals surface area (Å²) in [4.78, 5) is 17.2. The number of benzene rings is 1. The van der Waals surface area contributed by atoms with E-state index < -0.39 is 0 Å². The third-order valence-corrected chi connectivity index (χ3v) is 4.48. The number of carbonyl (C=O) groups excluding carboxylic acids is 1. The van der Waals surface area contributed by atoms with E-state index in [4.69, 9.17) is 6.42 Å². The topological polar surface area (TPSA) is 50.2 Å². The monoisotopic (exact) mass is 317 g/mol. The van der Waals surface area contributed by atoms with Crippen molar-refractivity contribution in [2.24, 2.45) is 5.92 Å². The van der Waals surface area contributed by atoms with Crippen molar-refractivity contribution in [3.8, 4) is 12.3 Å². The Kier molecular flexibility index (Phi) is 4.22. The van der Waals surface area contributed by atoms with Crippen molar-refractivity contribution in [3.05, 3.63) is 70.2 Å². The average molecular weight is 317 g/mol. The molecule has 1 aliphatic rings. The molecule has 2 aromatic rings. The fourth-order valence-electron chi connectivity index (χ4n) is 3.42. The van der Waals surface area contributed by atoms with Crippen LogP contribution in [0.1, 0.15) is 34.4 Å². The molecule has 3 heteroatoms. The lowest BCUT2D eigenvalue weighted by Gasteiger charge is -2.13. The minimum Gasteiger partial charge on any atom is -0.512 e. The van der Waals surface area contributed by atoms with Crippen LogP contribution in [0.25, 0.3) is 5.57 Å². The van der Waals surface area contributed by atoms with Crippen LogP contribution in [0.2, 0.25) is 0 Å². The van der Waals surface area contributed by atoms with Crippen LogP contribution in [0, 0.1) is 32.1 Å². The van der Waals surface area contributed by atoms with Gasteiger partial charge in [-0.25, -0.2) is 0 Å².